The fourth-order valence-corrected chi connectivity index (χ4v) is 3.26. The Kier molecular flexibility index (Phi) is 3.49. The third-order valence-electron chi connectivity index (χ3n) is 4.45. The number of ether oxygens (including phenoxy) is 2. The summed E-state index contributed by atoms with van der Waals surface area (Å²) >= 11 is 0. The minimum Gasteiger partial charge on any atom is -0.489 e. The van der Waals surface area contributed by atoms with Crippen molar-refractivity contribution in [3.8, 4) is 5.75 Å². The lowest BCUT2D eigenvalue weighted by atomic mass is 9.97. The van der Waals surface area contributed by atoms with Gasteiger partial charge in [-0.15, -0.1) is 0 Å². The third kappa shape index (κ3) is 2.33. The molecule has 2 aliphatic rings. The first-order valence-electron chi connectivity index (χ1n) is 7.99. The van der Waals surface area contributed by atoms with Gasteiger partial charge in [0.2, 0.25) is 0 Å². The average Bonchev–Trinajstić information content (AvgIpc) is 2.61. The van der Waals surface area contributed by atoms with Crippen LogP contribution in [-0.4, -0.2) is 30.6 Å². The molecule has 5 heteroatoms. The molecular weight excluding hydrogens is 306 g/mol. The van der Waals surface area contributed by atoms with Gasteiger partial charge >= 0.3 is 5.97 Å². The summed E-state index contributed by atoms with van der Waals surface area (Å²) in [5.74, 6) is 0.0250. The van der Waals surface area contributed by atoms with Gasteiger partial charge in [-0.05, 0) is 30.7 Å². The second-order valence-electron chi connectivity index (χ2n) is 6.09. The van der Waals surface area contributed by atoms with Crippen LogP contribution in [0.25, 0.3) is 0 Å². The highest BCUT2D eigenvalue weighted by atomic mass is 16.5. The van der Waals surface area contributed by atoms with E-state index < -0.39 is 12.1 Å². The highest BCUT2D eigenvalue weighted by Crippen LogP contribution is 2.35. The van der Waals surface area contributed by atoms with Crippen LogP contribution in [0.5, 0.6) is 5.75 Å². The van der Waals surface area contributed by atoms with E-state index in [2.05, 4.69) is 0 Å². The molecule has 0 aromatic heterocycles. The van der Waals surface area contributed by atoms with E-state index in [1.165, 1.54) is 0 Å². The summed E-state index contributed by atoms with van der Waals surface area (Å²) in [6.07, 6.45) is -0.409. The van der Waals surface area contributed by atoms with E-state index in [0.29, 0.717) is 24.3 Å². The lowest BCUT2D eigenvalue weighted by Gasteiger charge is -2.37. The first kappa shape index (κ1) is 14.8. The summed E-state index contributed by atoms with van der Waals surface area (Å²) in [7, 11) is 0. The van der Waals surface area contributed by atoms with Gasteiger partial charge in [0.05, 0.1) is 17.3 Å². The van der Waals surface area contributed by atoms with Crippen molar-refractivity contribution < 1.29 is 19.1 Å². The summed E-state index contributed by atoms with van der Waals surface area (Å²) in [6, 6.07) is 14.6. The smallest absolute Gasteiger partial charge is 0.339 e. The lowest BCUT2D eigenvalue weighted by Crippen LogP contribution is -2.51. The van der Waals surface area contributed by atoms with Crippen LogP contribution in [0, 0.1) is 0 Å². The zero-order valence-electron chi connectivity index (χ0n) is 13.3. The molecule has 2 heterocycles. The number of esters is 1. The van der Waals surface area contributed by atoms with Crippen molar-refractivity contribution in [2.45, 2.75) is 25.5 Å². The fourth-order valence-electron chi connectivity index (χ4n) is 3.26. The Balaban J connectivity index is 1.66. The molecule has 0 bridgehead atoms. The van der Waals surface area contributed by atoms with Crippen LogP contribution >= 0.6 is 0 Å². The highest BCUT2D eigenvalue weighted by molar-refractivity contribution is 6.02. The SMILES string of the molecule is C[C@H]1COc2ccccc2N1C(=O)[C@H]1Cc2ccccc2C(=O)O1. The van der Waals surface area contributed by atoms with E-state index in [1.54, 1.807) is 17.0 Å². The van der Waals surface area contributed by atoms with Crippen LogP contribution in [0.1, 0.15) is 22.8 Å². The molecule has 24 heavy (non-hydrogen) atoms. The summed E-state index contributed by atoms with van der Waals surface area (Å²) in [6.45, 7) is 2.34. The second kappa shape index (κ2) is 5.67. The van der Waals surface area contributed by atoms with Gasteiger partial charge in [-0.2, -0.15) is 0 Å². The molecule has 2 aliphatic heterocycles. The Bertz CT molecular complexity index is 817. The van der Waals surface area contributed by atoms with Gasteiger partial charge in [-0.25, -0.2) is 4.79 Å². The van der Waals surface area contributed by atoms with Crippen LogP contribution in [0.3, 0.4) is 0 Å². The number of anilines is 1. The Morgan fingerprint density at radius 1 is 1.12 bits per heavy atom. The van der Waals surface area contributed by atoms with E-state index in [-0.39, 0.29) is 11.9 Å². The number of benzene rings is 2. The highest BCUT2D eigenvalue weighted by Gasteiger charge is 2.38. The van der Waals surface area contributed by atoms with Gasteiger partial charge in [-0.1, -0.05) is 30.3 Å². The molecule has 2 aromatic carbocycles. The summed E-state index contributed by atoms with van der Waals surface area (Å²) < 4.78 is 11.1. The summed E-state index contributed by atoms with van der Waals surface area (Å²) in [4.78, 5) is 27.0. The minimum atomic E-state index is -0.805. The zero-order valence-corrected chi connectivity index (χ0v) is 13.3. The van der Waals surface area contributed by atoms with Crippen LogP contribution in [0.2, 0.25) is 0 Å². The van der Waals surface area contributed by atoms with Gasteiger partial charge in [0.1, 0.15) is 12.4 Å². The number of fused-ring (bicyclic) bond motifs is 2. The van der Waals surface area contributed by atoms with Crippen molar-refractivity contribution in [2.75, 3.05) is 11.5 Å². The number of hydrogen-bond donors (Lipinski definition) is 0. The minimum absolute atomic E-state index is 0.122. The number of carbonyl (C=O) groups is 2. The van der Waals surface area contributed by atoms with Crippen LogP contribution in [0.4, 0.5) is 5.69 Å². The molecular formula is C19H17NO4. The largest absolute Gasteiger partial charge is 0.489 e. The van der Waals surface area contributed by atoms with Gasteiger partial charge in [0.15, 0.2) is 6.10 Å². The van der Waals surface area contributed by atoms with Crippen molar-refractivity contribution in [1.29, 1.82) is 0 Å². The fraction of sp³-hybridized carbons (Fsp3) is 0.263. The normalized spacial score (nSPS) is 22.0. The van der Waals surface area contributed by atoms with E-state index in [0.717, 1.165) is 11.3 Å². The average molecular weight is 323 g/mol. The predicted molar refractivity (Wildman–Crippen MR) is 88.2 cm³/mol. The zero-order chi connectivity index (χ0) is 16.7. The van der Waals surface area contributed by atoms with E-state index >= 15 is 0 Å². The van der Waals surface area contributed by atoms with Crippen LogP contribution < -0.4 is 9.64 Å². The van der Waals surface area contributed by atoms with Gasteiger partial charge in [0.25, 0.3) is 5.91 Å². The number of nitrogens with zero attached hydrogens (tertiary/aromatic N) is 1. The molecule has 5 nitrogen and oxygen atoms in total. The van der Waals surface area contributed by atoms with Crippen molar-refractivity contribution >= 4 is 17.6 Å². The first-order valence-corrected chi connectivity index (χ1v) is 7.99. The number of para-hydroxylation sites is 2. The number of cyclic esters (lactones) is 1. The topological polar surface area (TPSA) is 55.8 Å². The van der Waals surface area contributed by atoms with Crippen molar-refractivity contribution in [3.63, 3.8) is 0 Å². The second-order valence-corrected chi connectivity index (χ2v) is 6.09. The molecule has 0 saturated heterocycles. The van der Waals surface area contributed by atoms with Gasteiger partial charge in [0, 0.05) is 6.42 Å². The standard InChI is InChI=1S/C19H17NO4/c1-12-11-23-16-9-5-4-8-15(16)20(12)18(21)17-10-13-6-2-3-7-14(13)19(22)24-17/h2-9,12,17H,10-11H2,1H3/t12-,17+/m0/s1. The maximum absolute atomic E-state index is 13.1. The van der Waals surface area contributed by atoms with Crippen LogP contribution in [0.15, 0.2) is 48.5 Å². The number of amides is 1. The maximum Gasteiger partial charge on any atom is 0.339 e. The van der Waals surface area contributed by atoms with E-state index in [9.17, 15) is 9.59 Å². The number of hydrogen-bond acceptors (Lipinski definition) is 4. The summed E-state index contributed by atoms with van der Waals surface area (Å²) in [5.41, 5.74) is 2.11. The number of carbonyl (C=O) groups excluding carboxylic acids is 2. The number of rotatable bonds is 1. The molecule has 1 amide bonds. The Morgan fingerprint density at radius 3 is 2.75 bits per heavy atom. The van der Waals surface area contributed by atoms with Gasteiger partial charge in [-0.3, -0.25) is 9.69 Å². The van der Waals surface area contributed by atoms with Crippen molar-refractivity contribution in [1.82, 2.24) is 0 Å². The monoisotopic (exact) mass is 323 g/mol. The third-order valence-corrected chi connectivity index (χ3v) is 4.45. The quantitative estimate of drug-likeness (QED) is 0.757. The maximum atomic E-state index is 13.1. The molecule has 0 saturated carbocycles. The molecule has 0 spiro atoms. The molecule has 0 radical (unpaired) electrons. The molecule has 0 fully saturated rings. The molecule has 0 N–H and O–H groups in total. The Morgan fingerprint density at radius 2 is 1.88 bits per heavy atom. The van der Waals surface area contributed by atoms with Crippen LogP contribution in [-0.2, 0) is 16.0 Å². The molecule has 4 rings (SSSR count). The van der Waals surface area contributed by atoms with Crippen molar-refractivity contribution in [2.24, 2.45) is 0 Å². The molecule has 2 aromatic rings. The molecule has 2 atom stereocenters. The Hall–Kier alpha value is -2.82. The first-order chi connectivity index (χ1) is 11.6. The molecule has 0 unspecified atom stereocenters. The molecule has 122 valence electrons. The lowest BCUT2D eigenvalue weighted by molar-refractivity contribution is -0.128. The predicted octanol–water partition coefficient (Wildman–Crippen LogP) is 2.58. The van der Waals surface area contributed by atoms with E-state index in [4.69, 9.17) is 9.47 Å². The molecule has 0 aliphatic carbocycles. The Labute approximate surface area is 139 Å². The summed E-state index contributed by atoms with van der Waals surface area (Å²) in [5, 5.41) is 0. The van der Waals surface area contributed by atoms with E-state index in [1.807, 2.05) is 43.3 Å². The van der Waals surface area contributed by atoms with Gasteiger partial charge < -0.3 is 9.47 Å². The van der Waals surface area contributed by atoms with Crippen molar-refractivity contribution in [3.05, 3.63) is 59.7 Å².